The average Bonchev–Trinajstić information content (AvgIpc) is 2.56. The summed E-state index contributed by atoms with van der Waals surface area (Å²) in [4.78, 5) is 14.8. The Bertz CT molecular complexity index is 652. The van der Waals surface area contributed by atoms with Crippen LogP contribution in [0.5, 0.6) is 0 Å². The first-order chi connectivity index (χ1) is 11.6. The Labute approximate surface area is 149 Å². The van der Waals surface area contributed by atoms with Crippen LogP contribution in [0.3, 0.4) is 0 Å². The van der Waals surface area contributed by atoms with Gasteiger partial charge < -0.3 is 5.11 Å². The fourth-order valence-corrected chi connectivity index (χ4v) is 2.18. The van der Waals surface area contributed by atoms with Gasteiger partial charge in [0, 0.05) is 5.56 Å². The van der Waals surface area contributed by atoms with Crippen molar-refractivity contribution in [1.82, 2.24) is 0 Å². The molecule has 0 saturated heterocycles. The van der Waals surface area contributed by atoms with Gasteiger partial charge in [-0.2, -0.15) is 8.78 Å². The molecule has 0 saturated carbocycles. The molecule has 1 N–H and O–H groups in total. The van der Waals surface area contributed by atoms with Crippen molar-refractivity contribution in [1.29, 1.82) is 0 Å². The van der Waals surface area contributed by atoms with Gasteiger partial charge in [0.25, 0.3) is 5.66 Å². The molecule has 7 heteroatoms. The normalized spacial score (nSPS) is 13.8. The van der Waals surface area contributed by atoms with Gasteiger partial charge in [0.15, 0.2) is 0 Å². The zero-order valence-corrected chi connectivity index (χ0v) is 16.3. The molecular formula is C18H25F3NO2P. The molecule has 25 heavy (non-hydrogen) atoms. The monoisotopic (exact) mass is 375 g/mol. The van der Waals surface area contributed by atoms with E-state index < -0.39 is 23.1 Å². The van der Waals surface area contributed by atoms with Crippen molar-refractivity contribution in [3.8, 4) is 0 Å². The summed E-state index contributed by atoms with van der Waals surface area (Å²) in [6.07, 6.45) is 1.73. The van der Waals surface area contributed by atoms with Crippen molar-refractivity contribution in [2.24, 2.45) is 10.9 Å². The summed E-state index contributed by atoms with van der Waals surface area (Å²) in [5, 5.41) is 8.88. The van der Waals surface area contributed by atoms with E-state index in [2.05, 4.69) is 4.99 Å². The molecule has 140 valence electrons. The van der Waals surface area contributed by atoms with Crippen LogP contribution in [0.2, 0.25) is 0 Å². The topological polar surface area (TPSA) is 49.7 Å². The molecule has 0 aromatic heterocycles. The third-order valence-corrected chi connectivity index (χ3v) is 3.72. The molecule has 0 radical (unpaired) electrons. The van der Waals surface area contributed by atoms with E-state index in [1.165, 1.54) is 34.4 Å². The molecule has 0 bridgehead atoms. The second-order valence-corrected chi connectivity index (χ2v) is 5.83. The van der Waals surface area contributed by atoms with Crippen LogP contribution in [0.25, 0.3) is 0 Å². The number of carbonyl (C=O) groups is 1. The zero-order valence-electron chi connectivity index (χ0n) is 15.1. The maximum atomic E-state index is 14.3. The number of rotatable bonds is 6. The molecule has 2 unspecified atom stereocenters. The number of carboxylic acid groups (broad SMARTS) is 1. The van der Waals surface area contributed by atoms with Crippen LogP contribution in [-0.2, 0) is 0 Å². The van der Waals surface area contributed by atoms with Gasteiger partial charge in [-0.15, -0.1) is 0 Å². The Morgan fingerprint density at radius 2 is 1.96 bits per heavy atom. The number of benzene rings is 1. The first-order valence-electron chi connectivity index (χ1n) is 8.07. The number of aliphatic imine (C=N–C) groups is 1. The number of aromatic carboxylic acids is 1. The van der Waals surface area contributed by atoms with Crippen LogP contribution in [-0.4, -0.2) is 22.5 Å². The second-order valence-electron chi connectivity index (χ2n) is 5.10. The molecule has 0 aliphatic carbocycles. The van der Waals surface area contributed by atoms with Crippen molar-refractivity contribution in [2.45, 2.75) is 46.7 Å². The summed E-state index contributed by atoms with van der Waals surface area (Å²) in [6, 6.07) is 3.36. The number of carboxylic acids is 1. The van der Waals surface area contributed by atoms with Crippen LogP contribution in [0.1, 0.15) is 57.0 Å². The van der Waals surface area contributed by atoms with Crippen LogP contribution >= 0.6 is 9.24 Å². The maximum absolute atomic E-state index is 14.3. The molecule has 3 nitrogen and oxygen atoms in total. The predicted octanol–water partition coefficient (Wildman–Crippen LogP) is 5.76. The molecule has 1 rings (SSSR count). The number of hydrogen-bond acceptors (Lipinski definition) is 2. The van der Waals surface area contributed by atoms with Crippen molar-refractivity contribution in [2.75, 3.05) is 0 Å². The van der Waals surface area contributed by atoms with Gasteiger partial charge in [0.2, 0.25) is 0 Å². The summed E-state index contributed by atoms with van der Waals surface area (Å²) >= 11 is 0. The molecule has 0 aliphatic rings. The van der Waals surface area contributed by atoms with Gasteiger partial charge in [-0.1, -0.05) is 43.0 Å². The lowest BCUT2D eigenvalue weighted by molar-refractivity contribution is 0.0696. The summed E-state index contributed by atoms with van der Waals surface area (Å²) in [5.41, 5.74) is -3.74. The number of halogens is 3. The quantitative estimate of drug-likeness (QED) is 0.508. The van der Waals surface area contributed by atoms with Crippen molar-refractivity contribution in [3.63, 3.8) is 0 Å². The van der Waals surface area contributed by atoms with Gasteiger partial charge in [-0.05, 0) is 37.5 Å². The minimum absolute atomic E-state index is 0.0259. The molecule has 1 aromatic carbocycles. The molecule has 0 amide bonds. The van der Waals surface area contributed by atoms with Gasteiger partial charge in [0.05, 0.1) is 11.3 Å². The predicted molar refractivity (Wildman–Crippen MR) is 99.1 cm³/mol. The summed E-state index contributed by atoms with van der Waals surface area (Å²) in [6.45, 7) is 9.00. The Morgan fingerprint density at radius 3 is 2.32 bits per heavy atom. The molecule has 1 aromatic rings. The Kier molecular flexibility index (Phi) is 9.65. The molecule has 2 atom stereocenters. The Balaban J connectivity index is 0.00000277. The minimum atomic E-state index is -3.23. The lowest BCUT2D eigenvalue weighted by atomic mass is 9.94. The van der Waals surface area contributed by atoms with Gasteiger partial charge in [-0.25, -0.2) is 9.18 Å². The fourth-order valence-electron chi connectivity index (χ4n) is 1.95. The minimum Gasteiger partial charge on any atom is -0.478 e. The van der Waals surface area contributed by atoms with Crippen LogP contribution in [0, 0.1) is 11.7 Å². The second kappa shape index (κ2) is 10.3. The number of allylic oxidation sites excluding steroid dienone is 2. The summed E-state index contributed by atoms with van der Waals surface area (Å²) < 4.78 is 41.3. The Hall–Kier alpha value is -1.68. The number of alkyl halides is 2. The number of hydrogen-bond donors (Lipinski definition) is 1. The standard InChI is InChI=1S/C16H19F3NO2P.C2H6/c1-4-9(3)14(20-13(5-2)16(18,19)23)11-7-6-10(15(21)22)8-12(11)17;1-2/h5-9H,4,23H2,1-3H3,(H,21,22);1-2H3/b13-5-,20-14?;. The van der Waals surface area contributed by atoms with E-state index >= 15 is 0 Å². The van der Waals surface area contributed by atoms with E-state index in [1.807, 2.05) is 20.8 Å². The average molecular weight is 375 g/mol. The highest BCUT2D eigenvalue weighted by Crippen LogP contribution is 2.33. The van der Waals surface area contributed by atoms with Crippen molar-refractivity contribution >= 4 is 20.9 Å². The SMILES string of the molecule is C/C=C(\N=C(c1ccc(C(=O)O)cc1F)C(C)CC)C(F)(F)P.CC. The largest absolute Gasteiger partial charge is 0.478 e. The molecule has 0 fully saturated rings. The van der Waals surface area contributed by atoms with Gasteiger partial charge in [0.1, 0.15) is 11.5 Å². The summed E-state index contributed by atoms with van der Waals surface area (Å²) in [7, 11) is 1.40. The lowest BCUT2D eigenvalue weighted by Crippen LogP contribution is -2.18. The van der Waals surface area contributed by atoms with E-state index in [9.17, 15) is 18.0 Å². The molecule has 0 aliphatic heterocycles. The van der Waals surface area contributed by atoms with Crippen LogP contribution in [0.4, 0.5) is 13.2 Å². The van der Waals surface area contributed by atoms with Crippen molar-refractivity contribution < 1.29 is 23.1 Å². The summed E-state index contributed by atoms with van der Waals surface area (Å²) in [5.74, 6) is -2.34. The zero-order chi connectivity index (χ0) is 19.8. The molecule has 0 heterocycles. The van der Waals surface area contributed by atoms with E-state index in [1.54, 1.807) is 6.92 Å². The maximum Gasteiger partial charge on any atom is 0.335 e. The third kappa shape index (κ3) is 6.62. The number of nitrogens with zero attached hydrogens (tertiary/aromatic N) is 1. The smallest absolute Gasteiger partial charge is 0.335 e. The van der Waals surface area contributed by atoms with E-state index in [4.69, 9.17) is 5.11 Å². The van der Waals surface area contributed by atoms with Gasteiger partial charge >= 0.3 is 5.97 Å². The first kappa shape index (κ1) is 23.3. The third-order valence-electron chi connectivity index (χ3n) is 3.43. The van der Waals surface area contributed by atoms with Crippen LogP contribution in [0.15, 0.2) is 35.0 Å². The molecule has 0 spiro atoms. The highest BCUT2D eigenvalue weighted by molar-refractivity contribution is 7.18. The highest BCUT2D eigenvalue weighted by atomic mass is 31.0. The van der Waals surface area contributed by atoms with E-state index in [-0.39, 0.29) is 22.8 Å². The molecular weight excluding hydrogens is 350 g/mol. The Morgan fingerprint density at radius 1 is 1.40 bits per heavy atom. The fraction of sp³-hybridized carbons (Fsp3) is 0.444. The van der Waals surface area contributed by atoms with Crippen LogP contribution < -0.4 is 0 Å². The highest BCUT2D eigenvalue weighted by Gasteiger charge is 2.28. The first-order valence-corrected chi connectivity index (χ1v) is 8.64. The van der Waals surface area contributed by atoms with Gasteiger partial charge in [-0.3, -0.25) is 4.99 Å². The van der Waals surface area contributed by atoms with E-state index in [0.717, 1.165) is 6.07 Å². The van der Waals surface area contributed by atoms with Crippen molar-refractivity contribution in [3.05, 3.63) is 46.9 Å². The van der Waals surface area contributed by atoms with E-state index in [0.29, 0.717) is 6.42 Å². The lowest BCUT2D eigenvalue weighted by Gasteiger charge is -2.18.